The minimum atomic E-state index is 0.0979. The first-order valence-electron chi connectivity index (χ1n) is 4.19. The fraction of sp³-hybridized carbons (Fsp3) is 0.667. The molecular weight excluding hydrogens is 152 g/mol. The predicted molar refractivity (Wildman–Crippen MR) is 48.0 cm³/mol. The van der Waals surface area contributed by atoms with Gasteiger partial charge in [-0.05, 0) is 6.07 Å². The van der Waals surface area contributed by atoms with Crippen LogP contribution >= 0.6 is 0 Å². The molecule has 3 nitrogen and oxygen atoms in total. The Bertz CT molecular complexity index is 247. The van der Waals surface area contributed by atoms with Crippen molar-refractivity contribution in [1.82, 2.24) is 9.78 Å². The summed E-state index contributed by atoms with van der Waals surface area (Å²) in [5.41, 5.74) is 1.16. The molecule has 0 aliphatic heterocycles. The Hall–Kier alpha value is -0.830. The third-order valence-corrected chi connectivity index (χ3v) is 1.74. The van der Waals surface area contributed by atoms with Gasteiger partial charge in [-0.1, -0.05) is 20.8 Å². The molecule has 0 fully saturated rings. The van der Waals surface area contributed by atoms with Crippen molar-refractivity contribution in [2.24, 2.45) is 0 Å². The second-order valence-electron chi connectivity index (χ2n) is 3.94. The highest BCUT2D eigenvalue weighted by molar-refractivity contribution is 5.10. The van der Waals surface area contributed by atoms with E-state index in [1.807, 2.05) is 12.3 Å². The molecule has 0 saturated heterocycles. The standard InChI is InChI=1S/C9H16N2O/c1-9(2,3)8-4-5-11(10-8)6-7-12/h4-5,12H,6-7H2,1-3H3. The highest BCUT2D eigenvalue weighted by Gasteiger charge is 2.16. The predicted octanol–water partition coefficient (Wildman–Crippen LogP) is 1.17. The molecule has 0 spiro atoms. The zero-order chi connectivity index (χ0) is 9.19. The topological polar surface area (TPSA) is 38.0 Å². The smallest absolute Gasteiger partial charge is 0.0677 e. The second-order valence-corrected chi connectivity index (χ2v) is 3.94. The molecule has 0 radical (unpaired) electrons. The van der Waals surface area contributed by atoms with Gasteiger partial charge in [0.1, 0.15) is 0 Å². The van der Waals surface area contributed by atoms with Crippen LogP contribution in [-0.4, -0.2) is 21.5 Å². The maximum absolute atomic E-state index is 8.67. The van der Waals surface area contributed by atoms with Crippen molar-refractivity contribution in [3.63, 3.8) is 0 Å². The van der Waals surface area contributed by atoms with Crippen molar-refractivity contribution in [3.8, 4) is 0 Å². The molecule has 0 amide bonds. The van der Waals surface area contributed by atoms with Gasteiger partial charge in [0.25, 0.3) is 0 Å². The van der Waals surface area contributed by atoms with E-state index in [0.29, 0.717) is 6.54 Å². The van der Waals surface area contributed by atoms with Gasteiger partial charge in [-0.3, -0.25) is 4.68 Å². The molecule has 0 aromatic carbocycles. The lowest BCUT2D eigenvalue weighted by Crippen LogP contribution is -2.13. The first-order chi connectivity index (χ1) is 5.54. The van der Waals surface area contributed by atoms with E-state index in [4.69, 9.17) is 5.11 Å². The summed E-state index contributed by atoms with van der Waals surface area (Å²) in [7, 11) is 0. The van der Waals surface area contributed by atoms with Crippen LogP contribution in [0.5, 0.6) is 0 Å². The summed E-state index contributed by atoms with van der Waals surface area (Å²) < 4.78 is 1.76. The van der Waals surface area contributed by atoms with Crippen molar-refractivity contribution >= 4 is 0 Å². The summed E-state index contributed by atoms with van der Waals surface area (Å²) in [6, 6.07) is 2.00. The van der Waals surface area contributed by atoms with Gasteiger partial charge in [0.2, 0.25) is 0 Å². The summed E-state index contributed by atoms with van der Waals surface area (Å²) in [4.78, 5) is 0. The van der Waals surface area contributed by atoms with Crippen LogP contribution in [0.25, 0.3) is 0 Å². The highest BCUT2D eigenvalue weighted by atomic mass is 16.3. The Kier molecular flexibility index (Phi) is 2.52. The van der Waals surface area contributed by atoms with Crippen LogP contribution in [0.1, 0.15) is 26.5 Å². The number of hydrogen-bond acceptors (Lipinski definition) is 2. The maximum atomic E-state index is 8.67. The van der Waals surface area contributed by atoms with Gasteiger partial charge in [0.05, 0.1) is 18.8 Å². The van der Waals surface area contributed by atoms with Crippen molar-refractivity contribution in [3.05, 3.63) is 18.0 Å². The van der Waals surface area contributed by atoms with Gasteiger partial charge >= 0.3 is 0 Å². The van der Waals surface area contributed by atoms with Crippen LogP contribution in [0.3, 0.4) is 0 Å². The zero-order valence-corrected chi connectivity index (χ0v) is 7.91. The molecule has 68 valence electrons. The molecular formula is C9H16N2O. The van der Waals surface area contributed by atoms with E-state index in [2.05, 4.69) is 25.9 Å². The summed E-state index contributed by atoms with van der Waals surface area (Å²) in [6.07, 6.45) is 1.90. The Morgan fingerprint density at radius 1 is 1.50 bits per heavy atom. The molecule has 0 aliphatic rings. The lowest BCUT2D eigenvalue weighted by atomic mass is 9.93. The van der Waals surface area contributed by atoms with Gasteiger partial charge in [-0.15, -0.1) is 0 Å². The Balaban J connectivity index is 2.77. The minimum Gasteiger partial charge on any atom is -0.394 e. The number of aliphatic hydroxyl groups excluding tert-OH is 1. The second kappa shape index (κ2) is 3.27. The van der Waals surface area contributed by atoms with Crippen LogP contribution in [0.15, 0.2) is 12.3 Å². The van der Waals surface area contributed by atoms with Crippen LogP contribution in [-0.2, 0) is 12.0 Å². The third-order valence-electron chi connectivity index (χ3n) is 1.74. The van der Waals surface area contributed by atoms with Crippen molar-refractivity contribution in [2.75, 3.05) is 6.61 Å². The third kappa shape index (κ3) is 2.08. The SMILES string of the molecule is CC(C)(C)c1ccn(CCO)n1. The number of aliphatic hydroxyl groups is 1. The molecule has 3 heteroatoms. The molecule has 1 aromatic heterocycles. The van der Waals surface area contributed by atoms with E-state index in [1.54, 1.807) is 4.68 Å². The first kappa shape index (κ1) is 9.26. The number of rotatable bonds is 2. The molecule has 0 unspecified atom stereocenters. The summed E-state index contributed by atoms with van der Waals surface area (Å²) in [5, 5.41) is 13.0. The Morgan fingerprint density at radius 3 is 2.58 bits per heavy atom. The molecule has 0 atom stereocenters. The fourth-order valence-electron chi connectivity index (χ4n) is 0.989. The maximum Gasteiger partial charge on any atom is 0.0677 e. The number of nitrogens with zero attached hydrogens (tertiary/aromatic N) is 2. The van der Waals surface area contributed by atoms with Gasteiger partial charge < -0.3 is 5.11 Å². The van der Waals surface area contributed by atoms with Gasteiger partial charge in [0, 0.05) is 11.6 Å². The fourth-order valence-corrected chi connectivity index (χ4v) is 0.989. The van der Waals surface area contributed by atoms with E-state index in [1.165, 1.54) is 0 Å². The number of hydrogen-bond donors (Lipinski definition) is 1. The molecule has 0 aliphatic carbocycles. The van der Waals surface area contributed by atoms with E-state index >= 15 is 0 Å². The summed E-state index contributed by atoms with van der Waals surface area (Å²) in [5.74, 6) is 0. The van der Waals surface area contributed by atoms with E-state index < -0.39 is 0 Å². The van der Waals surface area contributed by atoms with Crippen molar-refractivity contribution in [2.45, 2.75) is 32.7 Å². The van der Waals surface area contributed by atoms with Crippen LogP contribution in [0.4, 0.5) is 0 Å². The van der Waals surface area contributed by atoms with Crippen LogP contribution in [0.2, 0.25) is 0 Å². The highest BCUT2D eigenvalue weighted by Crippen LogP contribution is 2.19. The molecule has 1 aromatic rings. The van der Waals surface area contributed by atoms with Crippen LogP contribution < -0.4 is 0 Å². The van der Waals surface area contributed by atoms with Crippen LogP contribution in [0, 0.1) is 0 Å². The molecule has 1 heterocycles. The van der Waals surface area contributed by atoms with Crippen molar-refractivity contribution in [1.29, 1.82) is 0 Å². The van der Waals surface area contributed by atoms with Gasteiger partial charge in [0.15, 0.2) is 0 Å². The average Bonchev–Trinajstić information content (AvgIpc) is 2.35. The first-order valence-corrected chi connectivity index (χ1v) is 4.19. The molecule has 1 rings (SSSR count). The van der Waals surface area contributed by atoms with Crippen molar-refractivity contribution < 1.29 is 5.11 Å². The monoisotopic (exact) mass is 168 g/mol. The summed E-state index contributed by atoms with van der Waals surface area (Å²) >= 11 is 0. The molecule has 0 saturated carbocycles. The van der Waals surface area contributed by atoms with Gasteiger partial charge in [-0.25, -0.2) is 0 Å². The Morgan fingerprint density at radius 2 is 2.17 bits per heavy atom. The Labute approximate surface area is 73.0 Å². The van der Waals surface area contributed by atoms with E-state index in [0.717, 1.165) is 5.69 Å². The normalized spacial score (nSPS) is 12.0. The molecule has 0 bridgehead atoms. The number of aromatic nitrogens is 2. The largest absolute Gasteiger partial charge is 0.394 e. The van der Waals surface area contributed by atoms with E-state index in [9.17, 15) is 0 Å². The molecule has 1 N–H and O–H groups in total. The van der Waals surface area contributed by atoms with E-state index in [-0.39, 0.29) is 12.0 Å². The lowest BCUT2D eigenvalue weighted by molar-refractivity contribution is 0.268. The quantitative estimate of drug-likeness (QED) is 0.720. The average molecular weight is 168 g/mol. The molecule has 12 heavy (non-hydrogen) atoms. The summed E-state index contributed by atoms with van der Waals surface area (Å²) in [6.45, 7) is 7.09. The van der Waals surface area contributed by atoms with Gasteiger partial charge in [-0.2, -0.15) is 5.10 Å². The zero-order valence-electron chi connectivity index (χ0n) is 7.91. The lowest BCUT2D eigenvalue weighted by Gasteiger charge is -2.14. The minimum absolute atomic E-state index is 0.0979.